The van der Waals surface area contributed by atoms with Crippen LogP contribution in [0.3, 0.4) is 0 Å². The quantitative estimate of drug-likeness (QED) is 0.763. The number of hydrogen-bond acceptors (Lipinski definition) is 3. The van der Waals surface area contributed by atoms with Gasteiger partial charge in [-0.05, 0) is 18.9 Å². The summed E-state index contributed by atoms with van der Waals surface area (Å²) in [7, 11) is 2.03. The minimum Gasteiger partial charge on any atom is -0.355 e. The Labute approximate surface area is 113 Å². The Hall–Kier alpha value is -1.27. The molecule has 0 aromatic carbocycles. The van der Waals surface area contributed by atoms with E-state index in [9.17, 15) is 0 Å². The minimum atomic E-state index is 0.478. The van der Waals surface area contributed by atoms with Gasteiger partial charge in [0.05, 0.1) is 5.56 Å². The van der Waals surface area contributed by atoms with E-state index in [1.807, 2.05) is 7.05 Å². The molecule has 1 aliphatic rings. The third kappa shape index (κ3) is 2.76. The summed E-state index contributed by atoms with van der Waals surface area (Å²) in [5, 5.41) is 9.48. The van der Waals surface area contributed by atoms with E-state index < -0.39 is 0 Å². The molecule has 1 heterocycles. The van der Waals surface area contributed by atoms with E-state index in [4.69, 9.17) is 16.9 Å². The van der Waals surface area contributed by atoms with Crippen molar-refractivity contribution in [1.82, 2.24) is 4.98 Å². The molecule has 3 nitrogen and oxygen atoms in total. The third-order valence-electron chi connectivity index (χ3n) is 3.70. The predicted molar refractivity (Wildman–Crippen MR) is 73.9 cm³/mol. The Bertz CT molecular complexity index is 445. The lowest BCUT2D eigenvalue weighted by atomic mass is 10.1. The van der Waals surface area contributed by atoms with Gasteiger partial charge in [0.2, 0.25) is 0 Å². The summed E-state index contributed by atoms with van der Waals surface area (Å²) in [5.74, 6) is 0.739. The fourth-order valence-corrected chi connectivity index (χ4v) is 2.87. The first kappa shape index (κ1) is 13.2. The Balaban J connectivity index is 2.22. The maximum Gasteiger partial charge on any atom is 0.148 e. The van der Waals surface area contributed by atoms with Gasteiger partial charge in [-0.3, -0.25) is 0 Å². The van der Waals surface area contributed by atoms with Crippen LogP contribution in [0.15, 0.2) is 12.3 Å². The molecule has 1 aliphatic carbocycles. The largest absolute Gasteiger partial charge is 0.355 e. The second-order valence-corrected chi connectivity index (χ2v) is 5.24. The smallest absolute Gasteiger partial charge is 0.148 e. The van der Waals surface area contributed by atoms with Gasteiger partial charge in [-0.15, -0.1) is 0 Å². The summed E-state index contributed by atoms with van der Waals surface area (Å²) in [6.07, 6.45) is 9.21. The lowest BCUT2D eigenvalue weighted by Gasteiger charge is -2.29. The normalized spacial score (nSPS) is 16.9. The van der Waals surface area contributed by atoms with Crippen molar-refractivity contribution in [2.24, 2.45) is 0 Å². The van der Waals surface area contributed by atoms with Crippen LogP contribution in [0, 0.1) is 11.3 Å². The minimum absolute atomic E-state index is 0.478. The Kier molecular flexibility index (Phi) is 4.43. The summed E-state index contributed by atoms with van der Waals surface area (Å²) >= 11 is 6.24. The van der Waals surface area contributed by atoms with Crippen LogP contribution in [0.1, 0.15) is 44.1 Å². The first-order chi connectivity index (χ1) is 8.74. The third-order valence-corrected chi connectivity index (χ3v) is 4.07. The van der Waals surface area contributed by atoms with Crippen LogP contribution in [0.2, 0.25) is 5.02 Å². The zero-order valence-electron chi connectivity index (χ0n) is 10.7. The Morgan fingerprint density at radius 3 is 2.61 bits per heavy atom. The van der Waals surface area contributed by atoms with Gasteiger partial charge in [0.1, 0.15) is 16.9 Å². The number of rotatable bonds is 2. The molecule has 0 amide bonds. The highest BCUT2D eigenvalue weighted by Crippen LogP contribution is 2.30. The number of anilines is 1. The standard InChI is InChI=1S/C14H18ClN3/c1-18(12-6-4-2-3-5-7-12)14-13(15)11(10-16)8-9-17-14/h8-9,12H,2-7H2,1H3. The van der Waals surface area contributed by atoms with Crippen molar-refractivity contribution in [3.63, 3.8) is 0 Å². The summed E-state index contributed by atoms with van der Waals surface area (Å²) < 4.78 is 0. The van der Waals surface area contributed by atoms with Gasteiger partial charge in [0.15, 0.2) is 0 Å². The average molecular weight is 264 g/mol. The maximum atomic E-state index is 9.00. The monoisotopic (exact) mass is 263 g/mol. The Morgan fingerprint density at radius 1 is 1.33 bits per heavy atom. The molecule has 0 aliphatic heterocycles. The van der Waals surface area contributed by atoms with Gasteiger partial charge >= 0.3 is 0 Å². The van der Waals surface area contributed by atoms with Crippen molar-refractivity contribution in [2.45, 2.75) is 44.6 Å². The van der Waals surface area contributed by atoms with Gasteiger partial charge in [-0.25, -0.2) is 4.98 Å². The first-order valence-electron chi connectivity index (χ1n) is 6.51. The summed E-state index contributed by atoms with van der Waals surface area (Å²) in [4.78, 5) is 6.48. The van der Waals surface area contributed by atoms with Gasteiger partial charge in [-0.1, -0.05) is 37.3 Å². The SMILES string of the molecule is CN(c1nccc(C#N)c1Cl)C1CCCCCC1. The zero-order chi connectivity index (χ0) is 13.0. The van der Waals surface area contributed by atoms with Crippen molar-refractivity contribution in [2.75, 3.05) is 11.9 Å². The molecular formula is C14H18ClN3. The molecule has 0 atom stereocenters. The van der Waals surface area contributed by atoms with E-state index in [-0.39, 0.29) is 0 Å². The summed E-state index contributed by atoms with van der Waals surface area (Å²) in [5.41, 5.74) is 0.502. The van der Waals surface area contributed by atoms with E-state index in [1.54, 1.807) is 12.3 Å². The van der Waals surface area contributed by atoms with Gasteiger partial charge < -0.3 is 4.90 Å². The van der Waals surface area contributed by atoms with Gasteiger partial charge in [0, 0.05) is 19.3 Å². The summed E-state index contributed by atoms with van der Waals surface area (Å²) in [6, 6.07) is 4.26. The molecule has 1 fully saturated rings. The van der Waals surface area contributed by atoms with Gasteiger partial charge in [0.25, 0.3) is 0 Å². The predicted octanol–water partition coefficient (Wildman–Crippen LogP) is 3.77. The lowest BCUT2D eigenvalue weighted by Crippen LogP contribution is -2.32. The van der Waals surface area contributed by atoms with Crippen molar-refractivity contribution in [3.05, 3.63) is 22.8 Å². The van der Waals surface area contributed by atoms with Crippen molar-refractivity contribution < 1.29 is 0 Å². The van der Waals surface area contributed by atoms with Crippen LogP contribution in [0.25, 0.3) is 0 Å². The average Bonchev–Trinajstić information content (AvgIpc) is 2.67. The van der Waals surface area contributed by atoms with E-state index in [2.05, 4.69) is 16.0 Å². The highest BCUT2D eigenvalue weighted by molar-refractivity contribution is 6.34. The zero-order valence-corrected chi connectivity index (χ0v) is 11.5. The van der Waals surface area contributed by atoms with Crippen LogP contribution in [0.4, 0.5) is 5.82 Å². The highest BCUT2D eigenvalue weighted by atomic mass is 35.5. The van der Waals surface area contributed by atoms with Crippen LogP contribution < -0.4 is 4.90 Å². The number of aromatic nitrogens is 1. The second kappa shape index (κ2) is 6.06. The number of pyridine rings is 1. The van der Waals surface area contributed by atoms with Crippen molar-refractivity contribution >= 4 is 17.4 Å². The van der Waals surface area contributed by atoms with Crippen molar-refractivity contribution in [1.29, 1.82) is 5.26 Å². The molecule has 0 unspecified atom stereocenters. The van der Waals surface area contributed by atoms with Crippen LogP contribution in [0.5, 0.6) is 0 Å². The van der Waals surface area contributed by atoms with E-state index >= 15 is 0 Å². The fourth-order valence-electron chi connectivity index (χ4n) is 2.58. The molecular weight excluding hydrogens is 246 g/mol. The first-order valence-corrected chi connectivity index (χ1v) is 6.89. The maximum absolute atomic E-state index is 9.00. The molecule has 4 heteroatoms. The van der Waals surface area contributed by atoms with E-state index in [1.165, 1.54) is 38.5 Å². The van der Waals surface area contributed by atoms with Crippen molar-refractivity contribution in [3.8, 4) is 6.07 Å². The number of nitriles is 1. The lowest BCUT2D eigenvalue weighted by molar-refractivity contribution is 0.549. The topological polar surface area (TPSA) is 39.9 Å². The molecule has 1 aromatic heterocycles. The molecule has 0 N–H and O–H groups in total. The van der Waals surface area contributed by atoms with Crippen LogP contribution in [-0.4, -0.2) is 18.1 Å². The molecule has 18 heavy (non-hydrogen) atoms. The van der Waals surface area contributed by atoms with Gasteiger partial charge in [-0.2, -0.15) is 5.26 Å². The molecule has 1 saturated carbocycles. The second-order valence-electron chi connectivity index (χ2n) is 4.86. The van der Waals surface area contributed by atoms with E-state index in [0.717, 1.165) is 5.82 Å². The molecule has 0 spiro atoms. The number of halogens is 1. The number of hydrogen-bond donors (Lipinski definition) is 0. The van der Waals surface area contributed by atoms with E-state index in [0.29, 0.717) is 16.6 Å². The molecule has 0 saturated heterocycles. The number of nitrogens with zero attached hydrogens (tertiary/aromatic N) is 3. The summed E-state index contributed by atoms with van der Waals surface area (Å²) in [6.45, 7) is 0. The molecule has 96 valence electrons. The molecule has 0 radical (unpaired) electrons. The Morgan fingerprint density at radius 2 is 2.00 bits per heavy atom. The van der Waals surface area contributed by atoms with Crippen LogP contribution >= 0.6 is 11.6 Å². The van der Waals surface area contributed by atoms with Crippen LogP contribution in [-0.2, 0) is 0 Å². The molecule has 1 aromatic rings. The molecule has 0 bridgehead atoms. The molecule has 2 rings (SSSR count). The fraction of sp³-hybridized carbons (Fsp3) is 0.571. The highest BCUT2D eigenvalue weighted by Gasteiger charge is 2.20.